The van der Waals surface area contributed by atoms with Crippen LogP contribution < -0.4 is 10.7 Å². The monoisotopic (exact) mass is 431 g/mol. The van der Waals surface area contributed by atoms with Crippen LogP contribution in [-0.4, -0.2) is 28.2 Å². The van der Waals surface area contributed by atoms with Gasteiger partial charge in [0.2, 0.25) is 0 Å². The number of benzene rings is 3. The van der Waals surface area contributed by atoms with E-state index in [1.165, 1.54) is 24.4 Å². The number of hydrogen-bond acceptors (Lipinski definition) is 5. The van der Waals surface area contributed by atoms with Crippen LogP contribution in [0.5, 0.6) is 11.5 Å². The van der Waals surface area contributed by atoms with Crippen molar-refractivity contribution in [3.8, 4) is 11.5 Å². The Labute approximate surface area is 186 Å². The van der Waals surface area contributed by atoms with Crippen molar-refractivity contribution in [2.24, 2.45) is 5.10 Å². The smallest absolute Gasteiger partial charge is 0.271 e. The fraction of sp³-hybridized carbons (Fsp3) is 0.160. The molecule has 0 aromatic heterocycles. The highest BCUT2D eigenvalue weighted by molar-refractivity contribution is 6.04. The molecule has 0 fully saturated rings. The second kappa shape index (κ2) is 9.34. The molecule has 2 amide bonds. The summed E-state index contributed by atoms with van der Waals surface area (Å²) in [6.45, 7) is 6.34. The predicted molar refractivity (Wildman–Crippen MR) is 124 cm³/mol. The average molecular weight is 431 g/mol. The van der Waals surface area contributed by atoms with Crippen molar-refractivity contribution >= 4 is 23.7 Å². The Hall–Kier alpha value is -4.13. The molecule has 0 unspecified atom stereocenters. The molecule has 7 nitrogen and oxygen atoms in total. The normalized spacial score (nSPS) is 11.3. The van der Waals surface area contributed by atoms with Crippen molar-refractivity contribution < 1.29 is 19.8 Å². The SMILES string of the molecule is CC(C)(C)c1ccc(C(=O)Nc2ccc(C(=O)N/N=C/c3ccc(O)cc3O)cc2)cc1. The van der Waals surface area contributed by atoms with Gasteiger partial charge >= 0.3 is 0 Å². The highest BCUT2D eigenvalue weighted by Gasteiger charge is 2.14. The van der Waals surface area contributed by atoms with Crippen molar-refractivity contribution in [3.63, 3.8) is 0 Å². The summed E-state index contributed by atoms with van der Waals surface area (Å²) in [6, 6.07) is 17.9. The summed E-state index contributed by atoms with van der Waals surface area (Å²) in [5.74, 6) is -0.912. The van der Waals surface area contributed by atoms with Gasteiger partial charge in [0.25, 0.3) is 11.8 Å². The largest absolute Gasteiger partial charge is 0.508 e. The predicted octanol–water partition coefficient (Wildman–Crippen LogP) is 4.41. The maximum atomic E-state index is 12.5. The lowest BCUT2D eigenvalue weighted by Crippen LogP contribution is -2.18. The molecule has 0 bridgehead atoms. The lowest BCUT2D eigenvalue weighted by molar-refractivity contribution is 0.0954. The first kappa shape index (κ1) is 22.6. The van der Waals surface area contributed by atoms with Gasteiger partial charge in [-0.3, -0.25) is 9.59 Å². The van der Waals surface area contributed by atoms with Crippen molar-refractivity contribution in [2.75, 3.05) is 5.32 Å². The summed E-state index contributed by atoms with van der Waals surface area (Å²) in [5.41, 5.74) is 5.32. The number of nitrogens with one attached hydrogen (secondary N) is 2. The molecular formula is C25H25N3O4. The van der Waals surface area contributed by atoms with Gasteiger partial charge in [0.15, 0.2) is 0 Å². The zero-order valence-corrected chi connectivity index (χ0v) is 18.1. The third-order valence-corrected chi connectivity index (χ3v) is 4.80. The Kier molecular flexibility index (Phi) is 6.59. The van der Waals surface area contributed by atoms with Crippen LogP contribution in [0, 0.1) is 0 Å². The minimum atomic E-state index is -0.449. The molecular weight excluding hydrogens is 406 g/mol. The lowest BCUT2D eigenvalue weighted by atomic mass is 9.87. The van der Waals surface area contributed by atoms with Gasteiger partial charge < -0.3 is 15.5 Å². The molecule has 32 heavy (non-hydrogen) atoms. The first-order valence-corrected chi connectivity index (χ1v) is 10.0. The van der Waals surface area contributed by atoms with Crippen molar-refractivity contribution in [1.29, 1.82) is 0 Å². The van der Waals surface area contributed by atoms with Crippen LogP contribution in [0.15, 0.2) is 71.8 Å². The number of hydrazone groups is 1. The number of rotatable bonds is 5. The molecule has 0 heterocycles. The Morgan fingerprint density at radius 2 is 1.44 bits per heavy atom. The highest BCUT2D eigenvalue weighted by Crippen LogP contribution is 2.23. The quantitative estimate of drug-likeness (QED) is 0.354. The minimum Gasteiger partial charge on any atom is -0.508 e. The standard InChI is InChI=1S/C25H25N3O4/c1-25(2,3)19-9-4-16(5-10-19)23(31)27-20-11-6-17(7-12-20)24(32)28-26-15-18-8-13-21(29)14-22(18)30/h4-15,29-30H,1-3H3,(H,27,31)(H,28,32)/b26-15+. The van der Waals surface area contributed by atoms with E-state index in [0.717, 1.165) is 5.56 Å². The molecule has 4 N–H and O–H groups in total. The van der Waals surface area contributed by atoms with E-state index in [4.69, 9.17) is 0 Å². The van der Waals surface area contributed by atoms with Gasteiger partial charge in [0.05, 0.1) is 6.21 Å². The van der Waals surface area contributed by atoms with Gasteiger partial charge in [-0.1, -0.05) is 32.9 Å². The third kappa shape index (κ3) is 5.72. The number of anilines is 1. The van der Waals surface area contributed by atoms with Crippen LogP contribution in [-0.2, 0) is 5.41 Å². The molecule has 7 heteroatoms. The van der Waals surface area contributed by atoms with E-state index in [-0.39, 0.29) is 22.8 Å². The second-order valence-corrected chi connectivity index (χ2v) is 8.30. The maximum Gasteiger partial charge on any atom is 0.271 e. The Balaban J connectivity index is 1.58. The van der Waals surface area contributed by atoms with E-state index in [1.807, 2.05) is 12.1 Å². The molecule has 0 saturated heterocycles. The number of aromatic hydroxyl groups is 2. The molecule has 0 aliphatic heterocycles. The average Bonchev–Trinajstić information content (AvgIpc) is 2.75. The van der Waals surface area contributed by atoms with Gasteiger partial charge in [-0.25, -0.2) is 5.43 Å². The molecule has 0 atom stereocenters. The number of nitrogens with zero attached hydrogens (tertiary/aromatic N) is 1. The third-order valence-electron chi connectivity index (χ3n) is 4.80. The van der Waals surface area contributed by atoms with E-state index < -0.39 is 5.91 Å². The summed E-state index contributed by atoms with van der Waals surface area (Å²) < 4.78 is 0. The number of phenols is 2. The first-order valence-electron chi connectivity index (χ1n) is 10.0. The van der Waals surface area contributed by atoms with Crippen LogP contribution in [0.1, 0.15) is 52.6 Å². The van der Waals surface area contributed by atoms with E-state index >= 15 is 0 Å². The van der Waals surface area contributed by atoms with Gasteiger partial charge in [-0.2, -0.15) is 5.10 Å². The number of carbonyl (C=O) groups excluding carboxylic acids is 2. The van der Waals surface area contributed by atoms with Crippen molar-refractivity contribution in [2.45, 2.75) is 26.2 Å². The molecule has 3 aromatic carbocycles. The molecule has 164 valence electrons. The summed E-state index contributed by atoms with van der Waals surface area (Å²) in [5, 5.41) is 25.6. The van der Waals surface area contributed by atoms with Gasteiger partial charge in [-0.05, 0) is 59.5 Å². The Morgan fingerprint density at radius 1 is 0.844 bits per heavy atom. The Morgan fingerprint density at radius 3 is 2.03 bits per heavy atom. The fourth-order valence-electron chi connectivity index (χ4n) is 2.90. The molecule has 3 rings (SSSR count). The van der Waals surface area contributed by atoms with Crippen LogP contribution in [0.2, 0.25) is 0 Å². The number of hydrogen-bond donors (Lipinski definition) is 4. The number of carbonyl (C=O) groups is 2. The van der Waals surface area contributed by atoms with Crippen LogP contribution in [0.3, 0.4) is 0 Å². The van der Waals surface area contributed by atoms with E-state index in [9.17, 15) is 19.8 Å². The Bertz CT molecular complexity index is 1150. The summed E-state index contributed by atoms with van der Waals surface area (Å²) in [7, 11) is 0. The molecule has 0 saturated carbocycles. The van der Waals surface area contributed by atoms with Crippen LogP contribution in [0.4, 0.5) is 5.69 Å². The van der Waals surface area contributed by atoms with Crippen molar-refractivity contribution in [1.82, 2.24) is 5.43 Å². The topological polar surface area (TPSA) is 111 Å². The van der Waals surface area contributed by atoms with Gasteiger partial charge in [-0.15, -0.1) is 0 Å². The van der Waals surface area contributed by atoms with Crippen LogP contribution >= 0.6 is 0 Å². The molecule has 0 aliphatic carbocycles. The van der Waals surface area contributed by atoms with E-state index in [1.54, 1.807) is 36.4 Å². The maximum absolute atomic E-state index is 12.5. The number of amides is 2. The summed E-state index contributed by atoms with van der Waals surface area (Å²) in [4.78, 5) is 24.7. The van der Waals surface area contributed by atoms with Gasteiger partial charge in [0, 0.05) is 28.4 Å². The zero-order chi connectivity index (χ0) is 23.3. The van der Waals surface area contributed by atoms with E-state index in [2.05, 4.69) is 36.6 Å². The van der Waals surface area contributed by atoms with Crippen LogP contribution in [0.25, 0.3) is 0 Å². The first-order chi connectivity index (χ1) is 15.1. The minimum absolute atomic E-state index is 0.0138. The second-order valence-electron chi connectivity index (χ2n) is 8.30. The summed E-state index contributed by atoms with van der Waals surface area (Å²) in [6.07, 6.45) is 1.27. The zero-order valence-electron chi connectivity index (χ0n) is 18.1. The molecule has 0 aliphatic rings. The molecule has 3 aromatic rings. The summed E-state index contributed by atoms with van der Waals surface area (Å²) >= 11 is 0. The number of phenolic OH excluding ortho intramolecular Hbond substituents is 2. The van der Waals surface area contributed by atoms with E-state index in [0.29, 0.717) is 22.4 Å². The molecule has 0 spiro atoms. The highest BCUT2D eigenvalue weighted by atomic mass is 16.3. The molecule has 0 radical (unpaired) electrons. The van der Waals surface area contributed by atoms with Crippen molar-refractivity contribution in [3.05, 3.63) is 89.0 Å². The van der Waals surface area contributed by atoms with Gasteiger partial charge in [0.1, 0.15) is 11.5 Å². The fourth-order valence-corrected chi connectivity index (χ4v) is 2.90. The lowest BCUT2D eigenvalue weighted by Gasteiger charge is -2.19.